The fourth-order valence-electron chi connectivity index (χ4n) is 3.23. The first-order valence-electron chi connectivity index (χ1n) is 8.92. The van der Waals surface area contributed by atoms with Crippen molar-refractivity contribution in [1.82, 2.24) is 19.9 Å². The van der Waals surface area contributed by atoms with Crippen LogP contribution in [-0.2, 0) is 0 Å². The van der Waals surface area contributed by atoms with E-state index < -0.39 is 0 Å². The molecular weight excluding hydrogens is 324 g/mol. The summed E-state index contributed by atoms with van der Waals surface area (Å²) in [4.78, 5) is 11.5. The molecule has 0 bridgehead atoms. The van der Waals surface area contributed by atoms with Gasteiger partial charge in [-0.1, -0.05) is 17.7 Å². The summed E-state index contributed by atoms with van der Waals surface area (Å²) < 4.78 is 0. The highest BCUT2D eigenvalue weighted by Gasteiger charge is 2.14. The van der Waals surface area contributed by atoms with Gasteiger partial charge in [0, 0.05) is 49.0 Å². The zero-order chi connectivity index (χ0) is 18.1. The quantitative estimate of drug-likeness (QED) is 0.709. The summed E-state index contributed by atoms with van der Waals surface area (Å²) in [6.45, 7) is 6.08. The summed E-state index contributed by atoms with van der Waals surface area (Å²) in [6, 6.07) is 12.3. The zero-order valence-electron chi connectivity index (χ0n) is 15.2. The van der Waals surface area contributed by atoms with E-state index in [1.165, 1.54) is 5.56 Å². The van der Waals surface area contributed by atoms with Gasteiger partial charge in [-0.05, 0) is 43.8 Å². The monoisotopic (exact) mass is 348 g/mol. The normalized spacial score (nSPS) is 16.1. The number of hydrogen-bond acceptors (Lipinski definition) is 6. The fourth-order valence-corrected chi connectivity index (χ4v) is 3.23. The van der Waals surface area contributed by atoms with Crippen LogP contribution in [0.4, 0.5) is 11.6 Å². The molecule has 1 aliphatic rings. The van der Waals surface area contributed by atoms with Crippen molar-refractivity contribution in [2.24, 2.45) is 0 Å². The lowest BCUT2D eigenvalue weighted by atomic mass is 10.0. The summed E-state index contributed by atoms with van der Waals surface area (Å²) in [5.74, 6) is 0.643. The van der Waals surface area contributed by atoms with E-state index in [9.17, 15) is 0 Å². The van der Waals surface area contributed by atoms with Crippen LogP contribution in [0.5, 0.6) is 0 Å². The summed E-state index contributed by atoms with van der Waals surface area (Å²) >= 11 is 0. The molecule has 0 radical (unpaired) electrons. The zero-order valence-corrected chi connectivity index (χ0v) is 15.2. The van der Waals surface area contributed by atoms with Crippen LogP contribution >= 0.6 is 0 Å². The standard InChI is InChI=1S/C20H24N6/c1-14-3-5-18(21)17(11-14)15-4-6-19-16(12-15)13-22-20(23-19)24-26-9-7-25(2)8-10-26/h3-6,11-13H,7-10,21H2,1-2H3,(H,22,23,24). The highest BCUT2D eigenvalue weighted by atomic mass is 15.5. The molecule has 2 heterocycles. The highest BCUT2D eigenvalue weighted by Crippen LogP contribution is 2.29. The Morgan fingerprint density at radius 1 is 1.04 bits per heavy atom. The molecule has 0 atom stereocenters. The second-order valence-corrected chi connectivity index (χ2v) is 6.96. The van der Waals surface area contributed by atoms with Gasteiger partial charge in [0.15, 0.2) is 0 Å². The Hall–Kier alpha value is -2.70. The second kappa shape index (κ2) is 6.90. The third-order valence-electron chi connectivity index (χ3n) is 4.86. The van der Waals surface area contributed by atoms with E-state index in [1.807, 2.05) is 24.4 Å². The fraction of sp³-hybridized carbons (Fsp3) is 0.300. The molecule has 6 nitrogen and oxygen atoms in total. The number of nitrogens with zero attached hydrogens (tertiary/aromatic N) is 4. The molecule has 6 heteroatoms. The molecule has 1 fully saturated rings. The maximum absolute atomic E-state index is 6.15. The minimum atomic E-state index is 0.643. The lowest BCUT2D eigenvalue weighted by Crippen LogP contribution is -2.47. The van der Waals surface area contributed by atoms with Crippen molar-refractivity contribution in [2.75, 3.05) is 44.4 Å². The molecule has 3 aromatic rings. The number of aromatic nitrogens is 2. The number of nitrogens with two attached hydrogens (primary N) is 1. The number of anilines is 2. The summed E-state index contributed by atoms with van der Waals surface area (Å²) in [5.41, 5.74) is 14.5. The molecule has 4 rings (SSSR count). The van der Waals surface area contributed by atoms with E-state index in [-0.39, 0.29) is 0 Å². The highest BCUT2D eigenvalue weighted by molar-refractivity contribution is 5.87. The number of piperazine rings is 1. The first-order valence-corrected chi connectivity index (χ1v) is 8.92. The van der Waals surface area contributed by atoms with E-state index in [2.05, 4.69) is 57.5 Å². The molecule has 0 unspecified atom stereocenters. The Labute approximate surface area is 153 Å². The maximum Gasteiger partial charge on any atom is 0.238 e. The van der Waals surface area contributed by atoms with Crippen LogP contribution in [0.2, 0.25) is 0 Å². The minimum Gasteiger partial charge on any atom is -0.398 e. The second-order valence-electron chi connectivity index (χ2n) is 6.96. The van der Waals surface area contributed by atoms with Crippen LogP contribution in [0.25, 0.3) is 22.0 Å². The largest absolute Gasteiger partial charge is 0.398 e. The maximum atomic E-state index is 6.15. The molecule has 0 spiro atoms. The van der Waals surface area contributed by atoms with Gasteiger partial charge in [0.1, 0.15) is 0 Å². The predicted octanol–water partition coefficient (Wildman–Crippen LogP) is 2.76. The third kappa shape index (κ3) is 3.47. The molecule has 134 valence electrons. The molecule has 3 N–H and O–H groups in total. The van der Waals surface area contributed by atoms with Gasteiger partial charge in [0.05, 0.1) is 5.52 Å². The molecule has 26 heavy (non-hydrogen) atoms. The van der Waals surface area contributed by atoms with Crippen molar-refractivity contribution < 1.29 is 0 Å². The number of hydrogen-bond donors (Lipinski definition) is 2. The molecule has 0 saturated carbocycles. The van der Waals surface area contributed by atoms with Gasteiger partial charge in [-0.25, -0.2) is 15.0 Å². The number of fused-ring (bicyclic) bond motifs is 1. The number of hydrazine groups is 1. The first-order chi connectivity index (χ1) is 12.6. The lowest BCUT2D eigenvalue weighted by Gasteiger charge is -2.32. The van der Waals surface area contributed by atoms with Crippen molar-refractivity contribution in [3.05, 3.63) is 48.2 Å². The Bertz CT molecular complexity index is 931. The third-order valence-corrected chi connectivity index (χ3v) is 4.86. The number of nitrogens with one attached hydrogen (secondary N) is 1. The Morgan fingerprint density at radius 2 is 1.85 bits per heavy atom. The number of benzene rings is 2. The van der Waals surface area contributed by atoms with Crippen LogP contribution in [0.3, 0.4) is 0 Å². The number of likely N-dealkylation sites (N-methyl/N-ethyl adjacent to an activating group) is 1. The Balaban J connectivity index is 1.59. The van der Waals surface area contributed by atoms with E-state index in [1.54, 1.807) is 0 Å². The first kappa shape index (κ1) is 16.8. The van der Waals surface area contributed by atoms with Crippen LogP contribution in [0, 0.1) is 6.92 Å². The number of rotatable bonds is 3. The average molecular weight is 348 g/mol. The van der Waals surface area contributed by atoms with E-state index >= 15 is 0 Å². The van der Waals surface area contributed by atoms with Gasteiger partial charge >= 0.3 is 0 Å². The van der Waals surface area contributed by atoms with Crippen LogP contribution in [-0.4, -0.2) is 53.1 Å². The lowest BCUT2D eigenvalue weighted by molar-refractivity contribution is 0.178. The summed E-state index contributed by atoms with van der Waals surface area (Å²) in [6.07, 6.45) is 1.87. The van der Waals surface area contributed by atoms with Crippen molar-refractivity contribution in [3.8, 4) is 11.1 Å². The SMILES string of the molecule is Cc1ccc(N)c(-c2ccc3nc(NN4CCN(C)CC4)ncc3c2)c1. The van der Waals surface area contributed by atoms with Crippen LogP contribution in [0.1, 0.15) is 5.56 Å². The molecule has 1 saturated heterocycles. The molecule has 0 amide bonds. The number of nitrogen functional groups attached to an aromatic ring is 1. The molecule has 1 aliphatic heterocycles. The molecule has 2 aromatic carbocycles. The smallest absolute Gasteiger partial charge is 0.238 e. The topological polar surface area (TPSA) is 70.3 Å². The van der Waals surface area contributed by atoms with E-state index in [4.69, 9.17) is 5.73 Å². The van der Waals surface area contributed by atoms with E-state index in [0.29, 0.717) is 5.95 Å². The molecule has 1 aromatic heterocycles. The van der Waals surface area contributed by atoms with Gasteiger partial charge < -0.3 is 10.6 Å². The summed E-state index contributed by atoms with van der Waals surface area (Å²) in [7, 11) is 2.14. The van der Waals surface area contributed by atoms with Gasteiger partial charge in [-0.15, -0.1) is 0 Å². The number of aryl methyl sites for hydroxylation is 1. The average Bonchev–Trinajstić information content (AvgIpc) is 2.65. The van der Waals surface area contributed by atoms with Crippen molar-refractivity contribution in [3.63, 3.8) is 0 Å². The van der Waals surface area contributed by atoms with Gasteiger partial charge in [0.2, 0.25) is 5.95 Å². The van der Waals surface area contributed by atoms with Crippen LogP contribution in [0.15, 0.2) is 42.6 Å². The van der Waals surface area contributed by atoms with Crippen molar-refractivity contribution in [2.45, 2.75) is 6.92 Å². The molecular formula is C20H24N6. The van der Waals surface area contributed by atoms with Crippen LogP contribution < -0.4 is 11.2 Å². The molecule has 0 aliphatic carbocycles. The van der Waals surface area contributed by atoms with Gasteiger partial charge in [0.25, 0.3) is 0 Å². The minimum absolute atomic E-state index is 0.643. The Kier molecular flexibility index (Phi) is 4.44. The summed E-state index contributed by atoms with van der Waals surface area (Å²) in [5, 5.41) is 3.18. The van der Waals surface area contributed by atoms with Gasteiger partial charge in [-0.2, -0.15) is 0 Å². The van der Waals surface area contributed by atoms with E-state index in [0.717, 1.165) is 53.9 Å². The van der Waals surface area contributed by atoms with Gasteiger partial charge in [-0.3, -0.25) is 5.43 Å². The predicted molar refractivity (Wildman–Crippen MR) is 107 cm³/mol. The van der Waals surface area contributed by atoms with Crippen molar-refractivity contribution in [1.29, 1.82) is 0 Å². The Morgan fingerprint density at radius 3 is 2.65 bits per heavy atom. The van der Waals surface area contributed by atoms with Crippen molar-refractivity contribution >= 4 is 22.5 Å².